The molecule has 3 unspecified atom stereocenters. The van der Waals surface area contributed by atoms with Gasteiger partial charge >= 0.3 is 0 Å². The van der Waals surface area contributed by atoms with Crippen LogP contribution in [0.4, 0.5) is 5.69 Å². The maximum Gasteiger partial charge on any atom is 0.0384 e. The van der Waals surface area contributed by atoms with E-state index in [0.29, 0.717) is 11.8 Å². The zero-order valence-corrected chi connectivity index (χ0v) is 16.6. The van der Waals surface area contributed by atoms with Crippen molar-refractivity contribution in [2.75, 3.05) is 18.9 Å². The van der Waals surface area contributed by atoms with Crippen LogP contribution in [0.5, 0.6) is 0 Å². The number of nitrogens with one attached hydrogen (secondary N) is 2. The summed E-state index contributed by atoms with van der Waals surface area (Å²) in [5, 5.41) is 6.68. The molecule has 0 heterocycles. The van der Waals surface area contributed by atoms with Crippen LogP contribution in [0.15, 0.2) is 43.1 Å². The third-order valence-electron chi connectivity index (χ3n) is 6.29. The molecule has 0 aliphatic heterocycles. The summed E-state index contributed by atoms with van der Waals surface area (Å²) in [4.78, 5) is 0. The second kappa shape index (κ2) is 8.71. The Labute approximate surface area is 154 Å². The smallest absolute Gasteiger partial charge is 0.0384 e. The average Bonchev–Trinajstić information content (AvgIpc) is 2.63. The highest BCUT2D eigenvalue weighted by Gasteiger charge is 2.41. The fourth-order valence-electron chi connectivity index (χ4n) is 4.53. The summed E-state index contributed by atoms with van der Waals surface area (Å²) < 4.78 is 0. The van der Waals surface area contributed by atoms with Crippen molar-refractivity contribution in [1.29, 1.82) is 0 Å². The van der Waals surface area contributed by atoms with Crippen LogP contribution in [0.25, 0.3) is 0 Å². The number of hydrogen-bond acceptors (Lipinski definition) is 2. The molecular weight excluding hydrogens is 304 g/mol. The number of anilines is 1. The molecule has 0 bridgehead atoms. The summed E-state index contributed by atoms with van der Waals surface area (Å²) in [5.41, 5.74) is 5.50. The normalized spacial score (nSPS) is 23.6. The van der Waals surface area contributed by atoms with Crippen LogP contribution in [0.3, 0.4) is 0 Å². The molecule has 2 rings (SSSR count). The van der Waals surface area contributed by atoms with E-state index in [0.717, 1.165) is 18.7 Å². The fraction of sp³-hybridized carbons (Fsp3) is 0.565. The standard InChI is InChI=1S/C23H36N2/c1-7-18(8-2)21-13-11-19-10-12-20(25-17(4)14-15-24-6)16-22(19)23(21,5)9-3/h7,10,12,16,18,21,24-25H,1,4,8-9,11,13-15H2,2-3,5-6H3. The van der Waals surface area contributed by atoms with E-state index in [1.807, 2.05) is 7.05 Å². The van der Waals surface area contributed by atoms with Crippen molar-refractivity contribution in [2.24, 2.45) is 11.8 Å². The summed E-state index contributed by atoms with van der Waals surface area (Å²) in [5.74, 6) is 1.27. The largest absolute Gasteiger partial charge is 0.359 e. The first kappa shape index (κ1) is 19.8. The molecule has 1 aliphatic carbocycles. The predicted molar refractivity (Wildman–Crippen MR) is 111 cm³/mol. The molecular formula is C23H36N2. The second-order valence-electron chi connectivity index (χ2n) is 7.68. The number of fused-ring (bicyclic) bond motifs is 1. The number of aryl methyl sites for hydroxylation is 1. The lowest BCUT2D eigenvalue weighted by Gasteiger charge is -2.46. The molecule has 1 aliphatic rings. The van der Waals surface area contributed by atoms with E-state index in [1.165, 1.54) is 42.5 Å². The monoisotopic (exact) mass is 340 g/mol. The topological polar surface area (TPSA) is 24.1 Å². The van der Waals surface area contributed by atoms with Crippen LogP contribution < -0.4 is 10.6 Å². The molecule has 0 saturated carbocycles. The summed E-state index contributed by atoms with van der Waals surface area (Å²) >= 11 is 0. The van der Waals surface area contributed by atoms with Crippen molar-refractivity contribution >= 4 is 5.69 Å². The third kappa shape index (κ3) is 4.17. The Morgan fingerprint density at radius 1 is 1.40 bits per heavy atom. The van der Waals surface area contributed by atoms with Gasteiger partial charge in [-0.25, -0.2) is 0 Å². The van der Waals surface area contributed by atoms with Crippen LogP contribution in [-0.2, 0) is 11.8 Å². The molecule has 2 N–H and O–H groups in total. The van der Waals surface area contributed by atoms with Gasteiger partial charge in [0.25, 0.3) is 0 Å². The van der Waals surface area contributed by atoms with Crippen molar-refractivity contribution in [3.8, 4) is 0 Å². The summed E-state index contributed by atoms with van der Waals surface area (Å²) in [7, 11) is 1.97. The number of benzene rings is 1. The first-order valence-corrected chi connectivity index (χ1v) is 9.85. The van der Waals surface area contributed by atoms with Crippen molar-refractivity contribution in [2.45, 2.75) is 58.3 Å². The maximum absolute atomic E-state index is 4.16. The van der Waals surface area contributed by atoms with Gasteiger partial charge < -0.3 is 10.6 Å². The molecule has 0 saturated heterocycles. The lowest BCUT2D eigenvalue weighted by Crippen LogP contribution is -2.40. The zero-order valence-electron chi connectivity index (χ0n) is 16.6. The molecule has 1 aromatic rings. The predicted octanol–water partition coefficient (Wildman–Crippen LogP) is 5.66. The number of rotatable bonds is 9. The van der Waals surface area contributed by atoms with Crippen LogP contribution in [0.2, 0.25) is 0 Å². The van der Waals surface area contributed by atoms with Gasteiger partial charge in [-0.1, -0.05) is 39.5 Å². The molecule has 0 spiro atoms. The van der Waals surface area contributed by atoms with E-state index < -0.39 is 0 Å². The van der Waals surface area contributed by atoms with Gasteiger partial charge in [-0.3, -0.25) is 0 Å². The summed E-state index contributed by atoms with van der Waals surface area (Å²) in [6.45, 7) is 16.3. The molecule has 2 heteroatoms. The molecule has 2 nitrogen and oxygen atoms in total. The van der Waals surface area contributed by atoms with E-state index >= 15 is 0 Å². The van der Waals surface area contributed by atoms with Gasteiger partial charge in [-0.15, -0.1) is 6.58 Å². The Balaban J connectivity index is 2.32. The van der Waals surface area contributed by atoms with Crippen molar-refractivity contribution in [1.82, 2.24) is 5.32 Å². The number of allylic oxidation sites excluding steroid dienone is 1. The van der Waals surface area contributed by atoms with Gasteiger partial charge in [0.15, 0.2) is 0 Å². The highest BCUT2D eigenvalue weighted by Crippen LogP contribution is 2.48. The molecule has 0 aromatic heterocycles. The quantitative estimate of drug-likeness (QED) is 0.566. The van der Waals surface area contributed by atoms with Gasteiger partial charge in [-0.2, -0.15) is 0 Å². The minimum Gasteiger partial charge on any atom is -0.359 e. The van der Waals surface area contributed by atoms with Gasteiger partial charge in [0, 0.05) is 17.9 Å². The lowest BCUT2D eigenvalue weighted by atomic mass is 9.58. The summed E-state index contributed by atoms with van der Waals surface area (Å²) in [6.07, 6.45) is 7.92. The minimum absolute atomic E-state index is 0.215. The first-order chi connectivity index (χ1) is 12.0. The van der Waals surface area contributed by atoms with Crippen molar-refractivity contribution < 1.29 is 0 Å². The first-order valence-electron chi connectivity index (χ1n) is 9.85. The molecule has 138 valence electrons. The average molecular weight is 341 g/mol. The fourth-order valence-corrected chi connectivity index (χ4v) is 4.53. The molecule has 0 radical (unpaired) electrons. The highest BCUT2D eigenvalue weighted by molar-refractivity contribution is 5.55. The molecule has 25 heavy (non-hydrogen) atoms. The van der Waals surface area contributed by atoms with Crippen LogP contribution in [0, 0.1) is 11.8 Å². The summed E-state index contributed by atoms with van der Waals surface area (Å²) in [6, 6.07) is 6.91. The molecule has 0 fully saturated rings. The Bertz CT molecular complexity index is 604. The maximum atomic E-state index is 4.16. The van der Waals surface area contributed by atoms with Crippen LogP contribution >= 0.6 is 0 Å². The van der Waals surface area contributed by atoms with Gasteiger partial charge in [0.1, 0.15) is 0 Å². The van der Waals surface area contributed by atoms with Crippen LogP contribution in [-0.4, -0.2) is 13.6 Å². The van der Waals surface area contributed by atoms with E-state index in [-0.39, 0.29) is 5.41 Å². The van der Waals surface area contributed by atoms with Crippen molar-refractivity contribution in [3.63, 3.8) is 0 Å². The second-order valence-corrected chi connectivity index (χ2v) is 7.68. The van der Waals surface area contributed by atoms with Crippen molar-refractivity contribution in [3.05, 3.63) is 54.3 Å². The van der Waals surface area contributed by atoms with Gasteiger partial charge in [0.05, 0.1) is 0 Å². The van der Waals surface area contributed by atoms with Gasteiger partial charge in [0.2, 0.25) is 0 Å². The Kier molecular flexibility index (Phi) is 6.89. The zero-order chi connectivity index (χ0) is 18.4. The Morgan fingerprint density at radius 2 is 2.16 bits per heavy atom. The van der Waals surface area contributed by atoms with E-state index in [2.05, 4.69) is 68.8 Å². The third-order valence-corrected chi connectivity index (χ3v) is 6.29. The molecule has 3 atom stereocenters. The molecule has 0 amide bonds. The van der Waals surface area contributed by atoms with E-state index in [4.69, 9.17) is 0 Å². The van der Waals surface area contributed by atoms with Gasteiger partial charge in [-0.05, 0) is 79.7 Å². The Hall–Kier alpha value is -1.54. The van der Waals surface area contributed by atoms with E-state index in [9.17, 15) is 0 Å². The van der Waals surface area contributed by atoms with E-state index in [1.54, 1.807) is 0 Å². The highest BCUT2D eigenvalue weighted by atomic mass is 14.9. The SMILES string of the molecule is C=CC(CC)C1CCc2ccc(NC(=C)CCNC)cc2C1(C)CC. The lowest BCUT2D eigenvalue weighted by molar-refractivity contribution is 0.188. The Morgan fingerprint density at radius 3 is 2.76 bits per heavy atom. The number of hydrogen-bond donors (Lipinski definition) is 2. The minimum atomic E-state index is 0.215. The van der Waals surface area contributed by atoms with Crippen LogP contribution in [0.1, 0.15) is 57.6 Å². The molecule has 1 aromatic carbocycles.